The molecule has 2 aromatic rings. The molecule has 0 saturated carbocycles. The number of rotatable bonds is 2. The normalized spacial score (nSPS) is 13.8. The van der Waals surface area contributed by atoms with E-state index in [2.05, 4.69) is 4.36 Å². The Labute approximate surface area is 118 Å². The summed E-state index contributed by atoms with van der Waals surface area (Å²) in [5.74, 6) is 0.184. The molecule has 0 aliphatic carbocycles. The van der Waals surface area contributed by atoms with Crippen LogP contribution in [-0.2, 0) is 9.73 Å². The molecular weight excluding hydrogens is 282 g/mol. The lowest BCUT2D eigenvalue weighted by Crippen LogP contribution is -1.98. The van der Waals surface area contributed by atoms with Crippen LogP contribution in [0.15, 0.2) is 51.7 Å². The second-order valence-electron chi connectivity index (χ2n) is 4.15. The van der Waals surface area contributed by atoms with Crippen molar-refractivity contribution in [2.24, 2.45) is 4.36 Å². The second kappa shape index (κ2) is 5.23. The lowest BCUT2D eigenvalue weighted by atomic mass is 10.1. The molecule has 5 heteroatoms. The Bertz CT molecular complexity index is 734. The highest BCUT2D eigenvalue weighted by Crippen LogP contribution is 2.33. The Balaban J connectivity index is 2.58. The summed E-state index contributed by atoms with van der Waals surface area (Å²) in [4.78, 5) is 0.510. The average Bonchev–Trinajstić information content (AvgIpc) is 2.39. The maximum absolute atomic E-state index is 12.2. The second-order valence-corrected chi connectivity index (χ2v) is 6.96. The van der Waals surface area contributed by atoms with Crippen molar-refractivity contribution in [2.75, 3.05) is 13.3 Å². The number of aromatic hydroxyl groups is 1. The van der Waals surface area contributed by atoms with E-state index >= 15 is 0 Å². The number of benzene rings is 2. The zero-order valence-electron chi connectivity index (χ0n) is 10.6. The lowest BCUT2D eigenvalue weighted by Gasteiger charge is -2.09. The molecule has 2 rings (SSSR count). The molecule has 1 unspecified atom stereocenters. The van der Waals surface area contributed by atoms with Gasteiger partial charge in [-0.25, -0.2) is 8.57 Å². The molecule has 3 nitrogen and oxygen atoms in total. The van der Waals surface area contributed by atoms with E-state index in [4.69, 9.17) is 11.6 Å². The van der Waals surface area contributed by atoms with E-state index in [1.165, 1.54) is 7.05 Å². The minimum absolute atomic E-state index is 0.184. The predicted octanol–water partition coefficient (Wildman–Crippen LogP) is 3.80. The first-order valence-corrected chi connectivity index (χ1v) is 7.94. The molecule has 0 radical (unpaired) electrons. The first kappa shape index (κ1) is 13.9. The first-order valence-electron chi connectivity index (χ1n) is 5.64. The highest BCUT2D eigenvalue weighted by Gasteiger charge is 2.12. The molecule has 0 aliphatic heterocycles. The molecule has 100 valence electrons. The van der Waals surface area contributed by atoms with Gasteiger partial charge in [-0.05, 0) is 23.8 Å². The van der Waals surface area contributed by atoms with Gasteiger partial charge in [0.1, 0.15) is 5.75 Å². The highest BCUT2D eigenvalue weighted by atomic mass is 35.5. The van der Waals surface area contributed by atoms with Gasteiger partial charge in [0.2, 0.25) is 0 Å². The maximum Gasteiger partial charge on any atom is 0.123 e. The Morgan fingerprint density at radius 3 is 2.47 bits per heavy atom. The van der Waals surface area contributed by atoms with E-state index in [-0.39, 0.29) is 5.75 Å². The van der Waals surface area contributed by atoms with Gasteiger partial charge in [0.15, 0.2) is 0 Å². The SMILES string of the molecule is CN=S(C)(=O)c1ccc(-c2ccccc2O)cc1Cl. The third-order valence-corrected chi connectivity index (χ3v) is 5.20. The summed E-state index contributed by atoms with van der Waals surface area (Å²) in [5.41, 5.74) is 1.46. The Morgan fingerprint density at radius 1 is 1.21 bits per heavy atom. The zero-order chi connectivity index (χ0) is 14.0. The van der Waals surface area contributed by atoms with Crippen molar-refractivity contribution in [3.63, 3.8) is 0 Å². The van der Waals surface area contributed by atoms with Crippen molar-refractivity contribution in [2.45, 2.75) is 4.90 Å². The van der Waals surface area contributed by atoms with Crippen LogP contribution in [0.4, 0.5) is 0 Å². The van der Waals surface area contributed by atoms with E-state index < -0.39 is 9.73 Å². The molecule has 19 heavy (non-hydrogen) atoms. The number of phenolic OH excluding ortho intramolecular Hbond substituents is 1. The fourth-order valence-corrected chi connectivity index (χ4v) is 3.34. The summed E-state index contributed by atoms with van der Waals surface area (Å²) in [5, 5.41) is 10.2. The van der Waals surface area contributed by atoms with Crippen molar-refractivity contribution in [3.05, 3.63) is 47.5 Å². The van der Waals surface area contributed by atoms with Crippen LogP contribution >= 0.6 is 11.6 Å². The summed E-state index contributed by atoms with van der Waals surface area (Å²) in [6.45, 7) is 0. The first-order chi connectivity index (χ1) is 8.95. The van der Waals surface area contributed by atoms with Gasteiger partial charge >= 0.3 is 0 Å². The van der Waals surface area contributed by atoms with E-state index in [1.54, 1.807) is 42.7 Å². The Hall–Kier alpha value is -1.52. The van der Waals surface area contributed by atoms with E-state index in [0.717, 1.165) is 5.56 Å². The summed E-state index contributed by atoms with van der Waals surface area (Å²) in [6, 6.07) is 12.2. The van der Waals surface area contributed by atoms with Crippen LogP contribution in [0.1, 0.15) is 0 Å². The molecule has 0 fully saturated rings. The van der Waals surface area contributed by atoms with Gasteiger partial charge in [0.25, 0.3) is 0 Å². The third-order valence-electron chi connectivity index (χ3n) is 2.90. The molecule has 1 N–H and O–H groups in total. The molecule has 0 saturated heterocycles. The maximum atomic E-state index is 12.2. The van der Waals surface area contributed by atoms with Crippen LogP contribution in [0.2, 0.25) is 5.02 Å². The van der Waals surface area contributed by atoms with Crippen molar-refractivity contribution >= 4 is 21.3 Å². The molecule has 2 aromatic carbocycles. The van der Waals surface area contributed by atoms with Crippen LogP contribution in [0.5, 0.6) is 5.75 Å². The fourth-order valence-electron chi connectivity index (χ4n) is 1.79. The van der Waals surface area contributed by atoms with Crippen LogP contribution < -0.4 is 0 Å². The van der Waals surface area contributed by atoms with Gasteiger partial charge in [-0.1, -0.05) is 35.9 Å². The summed E-state index contributed by atoms with van der Waals surface area (Å²) < 4.78 is 16.1. The zero-order valence-corrected chi connectivity index (χ0v) is 12.2. The predicted molar refractivity (Wildman–Crippen MR) is 79.2 cm³/mol. The van der Waals surface area contributed by atoms with E-state index in [1.807, 2.05) is 6.07 Å². The monoisotopic (exact) mass is 295 g/mol. The van der Waals surface area contributed by atoms with Crippen molar-refractivity contribution < 1.29 is 9.32 Å². The number of para-hydroxylation sites is 1. The van der Waals surface area contributed by atoms with Gasteiger partial charge in [-0.15, -0.1) is 0 Å². The standard InChI is InChI=1S/C14H14ClNO2S/c1-16-19(2,18)14-8-7-10(9-12(14)15)11-5-3-4-6-13(11)17/h3-9,17H,1-2H3. The minimum Gasteiger partial charge on any atom is -0.507 e. The molecule has 0 amide bonds. The lowest BCUT2D eigenvalue weighted by molar-refractivity contribution is 0.477. The van der Waals surface area contributed by atoms with Gasteiger partial charge in [-0.3, -0.25) is 0 Å². The third kappa shape index (κ3) is 2.74. The van der Waals surface area contributed by atoms with E-state index in [9.17, 15) is 9.32 Å². The van der Waals surface area contributed by atoms with E-state index in [0.29, 0.717) is 15.5 Å². The summed E-state index contributed by atoms with van der Waals surface area (Å²) in [6.07, 6.45) is 1.55. The van der Waals surface area contributed by atoms with Crippen LogP contribution in [0.25, 0.3) is 11.1 Å². The number of halogens is 1. The quantitative estimate of drug-likeness (QED) is 0.916. The Kier molecular flexibility index (Phi) is 3.83. The number of hydrogen-bond donors (Lipinski definition) is 1. The van der Waals surface area contributed by atoms with Gasteiger partial charge in [-0.2, -0.15) is 0 Å². The van der Waals surface area contributed by atoms with Gasteiger partial charge in [0, 0.05) is 18.9 Å². The number of phenols is 1. The molecule has 0 aromatic heterocycles. The minimum atomic E-state index is -2.46. The fraction of sp³-hybridized carbons (Fsp3) is 0.143. The average molecular weight is 296 g/mol. The van der Waals surface area contributed by atoms with Crippen molar-refractivity contribution in [1.82, 2.24) is 0 Å². The van der Waals surface area contributed by atoms with Crippen molar-refractivity contribution in [3.8, 4) is 16.9 Å². The van der Waals surface area contributed by atoms with Crippen LogP contribution in [0.3, 0.4) is 0 Å². The summed E-state index contributed by atoms with van der Waals surface area (Å²) in [7, 11) is -0.948. The Morgan fingerprint density at radius 2 is 1.89 bits per heavy atom. The molecule has 0 bridgehead atoms. The topological polar surface area (TPSA) is 49.7 Å². The van der Waals surface area contributed by atoms with Gasteiger partial charge < -0.3 is 5.11 Å². The van der Waals surface area contributed by atoms with Gasteiger partial charge in [0.05, 0.1) is 19.6 Å². The van der Waals surface area contributed by atoms with Crippen LogP contribution in [-0.4, -0.2) is 22.6 Å². The smallest absolute Gasteiger partial charge is 0.123 e. The largest absolute Gasteiger partial charge is 0.507 e. The summed E-state index contributed by atoms with van der Waals surface area (Å²) >= 11 is 6.17. The van der Waals surface area contributed by atoms with Crippen LogP contribution in [0, 0.1) is 0 Å². The molecular formula is C14H14ClNO2S. The molecule has 1 atom stereocenters. The number of hydrogen-bond acceptors (Lipinski definition) is 3. The van der Waals surface area contributed by atoms with Crippen molar-refractivity contribution in [1.29, 1.82) is 0 Å². The number of nitrogens with zero attached hydrogens (tertiary/aromatic N) is 1. The molecule has 0 heterocycles. The highest BCUT2D eigenvalue weighted by molar-refractivity contribution is 7.93. The molecule has 0 aliphatic rings. The molecule has 0 spiro atoms.